The number of benzene rings is 2. The molecule has 2 aliphatic heterocycles. The van der Waals surface area contributed by atoms with E-state index in [2.05, 4.69) is 4.99 Å². The number of fused-ring (bicyclic) bond motifs is 1. The van der Waals surface area contributed by atoms with Gasteiger partial charge in [-0.25, -0.2) is 4.79 Å². The van der Waals surface area contributed by atoms with Crippen LogP contribution in [0.5, 0.6) is 11.5 Å². The molecule has 0 radical (unpaired) electrons. The van der Waals surface area contributed by atoms with E-state index in [9.17, 15) is 32.3 Å². The van der Waals surface area contributed by atoms with Crippen LogP contribution in [-0.4, -0.2) is 67.0 Å². The first-order valence-corrected chi connectivity index (χ1v) is 10.9. The van der Waals surface area contributed by atoms with Gasteiger partial charge >= 0.3 is 12.2 Å². The van der Waals surface area contributed by atoms with Crippen LogP contribution in [0, 0.1) is 5.92 Å². The van der Waals surface area contributed by atoms with Crippen molar-refractivity contribution in [2.75, 3.05) is 20.8 Å². The van der Waals surface area contributed by atoms with Gasteiger partial charge in [0.1, 0.15) is 11.8 Å². The Labute approximate surface area is 208 Å². The lowest BCUT2D eigenvalue weighted by molar-refractivity contribution is -0.202. The zero-order valence-corrected chi connectivity index (χ0v) is 19.6. The van der Waals surface area contributed by atoms with Crippen molar-refractivity contribution in [2.45, 2.75) is 18.1 Å². The molecule has 2 unspecified atom stereocenters. The third-order valence-corrected chi connectivity index (χ3v) is 6.12. The number of nitrogens with one attached hydrogen (secondary N) is 2. The van der Waals surface area contributed by atoms with Gasteiger partial charge in [0.15, 0.2) is 11.5 Å². The van der Waals surface area contributed by atoms with Gasteiger partial charge in [0.05, 0.1) is 14.2 Å². The summed E-state index contributed by atoms with van der Waals surface area (Å²) in [4.78, 5) is 55.1. The smallest absolute Gasteiger partial charge is 0.422 e. The van der Waals surface area contributed by atoms with Gasteiger partial charge in [-0.15, -0.1) is 0 Å². The number of alkyl halides is 3. The summed E-state index contributed by atoms with van der Waals surface area (Å²) >= 11 is 0. The molecule has 0 saturated carbocycles. The van der Waals surface area contributed by atoms with Gasteiger partial charge < -0.3 is 14.8 Å². The Balaban J connectivity index is 1.66. The third kappa shape index (κ3) is 4.36. The SMILES string of the molecule is COc1ccc(CCN2C(=O)NC(=O)C3C2=NC(=O)C3(NC(=O)c2ccccc2)C(F)(F)F)cc1OC. The van der Waals surface area contributed by atoms with Gasteiger partial charge in [0, 0.05) is 12.1 Å². The Morgan fingerprint density at radius 3 is 2.38 bits per heavy atom. The van der Waals surface area contributed by atoms with Crippen molar-refractivity contribution in [2.24, 2.45) is 10.9 Å². The fraction of sp³-hybridized carbons (Fsp3) is 0.292. The lowest BCUT2D eigenvalue weighted by atomic mass is 9.81. The Morgan fingerprint density at radius 2 is 1.76 bits per heavy atom. The number of nitrogens with zero attached hydrogens (tertiary/aromatic N) is 2. The Hall–Kier alpha value is -4.42. The van der Waals surface area contributed by atoms with E-state index in [1.165, 1.54) is 38.5 Å². The van der Waals surface area contributed by atoms with E-state index >= 15 is 0 Å². The van der Waals surface area contributed by atoms with Gasteiger partial charge in [0.2, 0.25) is 11.4 Å². The molecule has 2 aliphatic rings. The maximum atomic E-state index is 14.5. The first-order valence-electron chi connectivity index (χ1n) is 10.9. The first-order chi connectivity index (χ1) is 17.5. The van der Waals surface area contributed by atoms with Crippen LogP contribution < -0.4 is 20.1 Å². The average molecular weight is 518 g/mol. The molecule has 37 heavy (non-hydrogen) atoms. The van der Waals surface area contributed by atoms with Gasteiger partial charge in [-0.2, -0.15) is 18.2 Å². The Morgan fingerprint density at radius 1 is 1.08 bits per heavy atom. The highest BCUT2D eigenvalue weighted by Crippen LogP contribution is 2.44. The zero-order valence-electron chi connectivity index (χ0n) is 19.6. The quantitative estimate of drug-likeness (QED) is 0.578. The predicted molar refractivity (Wildman–Crippen MR) is 122 cm³/mol. The number of amidine groups is 1. The van der Waals surface area contributed by atoms with Crippen molar-refractivity contribution < 1.29 is 41.8 Å². The minimum atomic E-state index is -5.42. The summed E-state index contributed by atoms with van der Waals surface area (Å²) < 4.78 is 53.9. The van der Waals surface area contributed by atoms with Crippen LogP contribution in [0.4, 0.5) is 18.0 Å². The molecule has 1 saturated heterocycles. The van der Waals surface area contributed by atoms with Crippen molar-refractivity contribution in [3.05, 3.63) is 59.7 Å². The zero-order chi connectivity index (χ0) is 27.0. The Bertz CT molecular complexity index is 1300. The van der Waals surface area contributed by atoms with E-state index < -0.39 is 47.2 Å². The van der Waals surface area contributed by atoms with Gasteiger partial charge in [-0.1, -0.05) is 24.3 Å². The molecule has 0 aromatic heterocycles. The molecule has 2 heterocycles. The number of carbonyl (C=O) groups excluding carboxylic acids is 4. The molecule has 1 fully saturated rings. The molecular weight excluding hydrogens is 497 g/mol. The Kier molecular flexibility index (Phi) is 6.63. The first kappa shape index (κ1) is 25.7. The largest absolute Gasteiger partial charge is 0.493 e. The monoisotopic (exact) mass is 518 g/mol. The lowest BCUT2D eigenvalue weighted by Gasteiger charge is -2.39. The number of ether oxygens (including phenoxy) is 2. The fourth-order valence-corrected chi connectivity index (χ4v) is 4.27. The molecular formula is C24H21F3N4O6. The van der Waals surface area contributed by atoms with E-state index in [0.717, 1.165) is 4.90 Å². The van der Waals surface area contributed by atoms with E-state index in [1.54, 1.807) is 29.6 Å². The van der Waals surface area contributed by atoms with Crippen LogP contribution in [0.25, 0.3) is 0 Å². The van der Waals surface area contributed by atoms with Crippen molar-refractivity contribution in [3.63, 3.8) is 0 Å². The van der Waals surface area contributed by atoms with Gasteiger partial charge in [-0.3, -0.25) is 24.6 Å². The second-order valence-corrected chi connectivity index (χ2v) is 8.22. The number of aliphatic imine (C=N–C) groups is 1. The van der Waals surface area contributed by atoms with Crippen molar-refractivity contribution in [1.82, 2.24) is 15.5 Å². The number of halogens is 3. The molecule has 5 amide bonds. The van der Waals surface area contributed by atoms with Crippen LogP contribution >= 0.6 is 0 Å². The summed E-state index contributed by atoms with van der Waals surface area (Å²) in [6.07, 6.45) is -5.31. The summed E-state index contributed by atoms with van der Waals surface area (Å²) in [5, 5.41) is 3.56. The van der Waals surface area contributed by atoms with E-state index in [1.807, 2.05) is 5.32 Å². The van der Waals surface area contributed by atoms with Gasteiger partial charge in [0.25, 0.3) is 11.8 Å². The summed E-state index contributed by atoms with van der Waals surface area (Å²) in [6, 6.07) is 10.8. The van der Waals surface area contributed by atoms with E-state index in [0.29, 0.717) is 17.1 Å². The maximum Gasteiger partial charge on any atom is 0.422 e. The minimum Gasteiger partial charge on any atom is -0.493 e. The van der Waals surface area contributed by atoms with Crippen LogP contribution in [-0.2, 0) is 16.0 Å². The maximum absolute atomic E-state index is 14.5. The van der Waals surface area contributed by atoms with Gasteiger partial charge in [-0.05, 0) is 36.2 Å². The molecule has 2 aromatic carbocycles. The van der Waals surface area contributed by atoms with Crippen LogP contribution in [0.3, 0.4) is 0 Å². The molecule has 0 spiro atoms. The molecule has 194 valence electrons. The number of rotatable bonds is 7. The summed E-state index contributed by atoms with van der Waals surface area (Å²) in [6.45, 7) is -0.224. The highest BCUT2D eigenvalue weighted by molar-refractivity contribution is 6.27. The normalized spacial score (nSPS) is 21.2. The van der Waals surface area contributed by atoms with Crippen molar-refractivity contribution >= 4 is 29.6 Å². The lowest BCUT2D eigenvalue weighted by Crippen LogP contribution is -2.72. The number of hydrogen-bond donors (Lipinski definition) is 2. The van der Waals surface area contributed by atoms with E-state index in [-0.39, 0.29) is 18.5 Å². The van der Waals surface area contributed by atoms with Crippen LogP contribution in [0.15, 0.2) is 53.5 Å². The third-order valence-electron chi connectivity index (χ3n) is 6.12. The summed E-state index contributed by atoms with van der Waals surface area (Å²) in [5.74, 6) is -6.59. The molecule has 10 nitrogen and oxygen atoms in total. The van der Waals surface area contributed by atoms with Crippen LogP contribution in [0.1, 0.15) is 15.9 Å². The fourth-order valence-electron chi connectivity index (χ4n) is 4.27. The van der Waals surface area contributed by atoms with Crippen molar-refractivity contribution in [1.29, 1.82) is 0 Å². The molecule has 2 aromatic rings. The predicted octanol–water partition coefficient (Wildman–Crippen LogP) is 2.08. The number of urea groups is 1. The van der Waals surface area contributed by atoms with E-state index in [4.69, 9.17) is 9.47 Å². The number of amides is 5. The summed E-state index contributed by atoms with van der Waals surface area (Å²) in [7, 11) is 2.88. The highest BCUT2D eigenvalue weighted by Gasteiger charge is 2.73. The number of carbonyl (C=O) groups is 4. The number of hydrogen-bond acceptors (Lipinski definition) is 6. The molecule has 2 atom stereocenters. The number of methoxy groups -OCH3 is 2. The van der Waals surface area contributed by atoms with Crippen LogP contribution in [0.2, 0.25) is 0 Å². The summed E-state index contributed by atoms with van der Waals surface area (Å²) in [5.41, 5.74) is -3.23. The standard InChI is InChI=1S/C24H21F3N4O6/c1-36-15-9-8-13(12-16(15)37-2)10-11-31-18-17(20(33)29-22(31)35)23(21(34)28-18,24(25,26)27)30-19(32)14-6-4-3-5-7-14/h3-9,12,17H,10-11H2,1-2H3,(H,30,32)(H,29,33,35). The average Bonchev–Trinajstić information content (AvgIpc) is 3.17. The second kappa shape index (κ2) is 9.56. The molecule has 13 heteroatoms. The topological polar surface area (TPSA) is 126 Å². The van der Waals surface area contributed by atoms with Crippen molar-refractivity contribution in [3.8, 4) is 11.5 Å². The molecule has 4 rings (SSSR count). The molecule has 0 aliphatic carbocycles. The molecule has 2 N–H and O–H groups in total. The minimum absolute atomic E-state index is 0.108. The second-order valence-electron chi connectivity index (χ2n) is 8.22. The molecule has 0 bridgehead atoms. The number of imide groups is 1. The highest BCUT2D eigenvalue weighted by atomic mass is 19.4.